The molecule has 0 aromatic carbocycles. The molecule has 2 heteroatoms. The van der Waals surface area contributed by atoms with Gasteiger partial charge in [0.1, 0.15) is 23.4 Å². The zero-order chi connectivity index (χ0) is 8.40. The second kappa shape index (κ2) is 1.58. The SMILES string of the molecule is C=CC12C=CC3OC3(C=C)C1O2. The van der Waals surface area contributed by atoms with Gasteiger partial charge in [-0.25, -0.2) is 0 Å². The van der Waals surface area contributed by atoms with Crippen LogP contribution >= 0.6 is 0 Å². The van der Waals surface area contributed by atoms with Gasteiger partial charge in [-0.15, -0.1) is 6.58 Å². The molecule has 0 saturated carbocycles. The number of fused-ring (bicyclic) bond motifs is 3. The van der Waals surface area contributed by atoms with Gasteiger partial charge in [-0.1, -0.05) is 24.8 Å². The molecule has 3 aliphatic rings. The van der Waals surface area contributed by atoms with Gasteiger partial charge in [-0.3, -0.25) is 0 Å². The van der Waals surface area contributed by atoms with Gasteiger partial charge < -0.3 is 9.47 Å². The number of epoxide rings is 2. The third-order valence-electron chi connectivity index (χ3n) is 2.97. The van der Waals surface area contributed by atoms with Crippen LogP contribution in [0.5, 0.6) is 0 Å². The first-order chi connectivity index (χ1) is 5.77. The van der Waals surface area contributed by atoms with Gasteiger partial charge in [0.25, 0.3) is 0 Å². The minimum absolute atomic E-state index is 0.120. The second-order valence-corrected chi connectivity index (χ2v) is 3.51. The van der Waals surface area contributed by atoms with Crippen LogP contribution in [-0.2, 0) is 9.47 Å². The number of rotatable bonds is 2. The minimum Gasteiger partial charge on any atom is -0.354 e. The first-order valence-electron chi connectivity index (χ1n) is 4.09. The normalized spacial score (nSPS) is 58.3. The van der Waals surface area contributed by atoms with Crippen molar-refractivity contribution in [1.29, 1.82) is 0 Å². The summed E-state index contributed by atoms with van der Waals surface area (Å²) in [6, 6.07) is 0. The summed E-state index contributed by atoms with van der Waals surface area (Å²) in [4.78, 5) is 0. The Morgan fingerprint density at radius 3 is 2.75 bits per heavy atom. The Labute approximate surface area is 71.2 Å². The van der Waals surface area contributed by atoms with Crippen molar-refractivity contribution in [2.75, 3.05) is 0 Å². The van der Waals surface area contributed by atoms with Crippen LogP contribution < -0.4 is 0 Å². The molecule has 4 unspecified atom stereocenters. The lowest BCUT2D eigenvalue weighted by molar-refractivity contribution is 0.266. The van der Waals surface area contributed by atoms with Crippen molar-refractivity contribution in [2.24, 2.45) is 0 Å². The Morgan fingerprint density at radius 1 is 1.25 bits per heavy atom. The predicted molar refractivity (Wildman–Crippen MR) is 44.7 cm³/mol. The van der Waals surface area contributed by atoms with Gasteiger partial charge >= 0.3 is 0 Å². The molecule has 2 saturated heterocycles. The molecule has 2 aliphatic heterocycles. The minimum atomic E-state index is -0.249. The smallest absolute Gasteiger partial charge is 0.146 e. The highest BCUT2D eigenvalue weighted by atomic mass is 16.7. The van der Waals surface area contributed by atoms with E-state index in [1.807, 2.05) is 24.3 Å². The topological polar surface area (TPSA) is 25.1 Å². The summed E-state index contributed by atoms with van der Waals surface area (Å²) in [5, 5.41) is 0. The highest BCUT2D eigenvalue weighted by Gasteiger charge is 2.75. The van der Waals surface area contributed by atoms with Gasteiger partial charge in [0.05, 0.1) is 0 Å². The van der Waals surface area contributed by atoms with Crippen molar-refractivity contribution >= 4 is 0 Å². The molecule has 0 radical (unpaired) electrons. The van der Waals surface area contributed by atoms with Gasteiger partial charge in [0, 0.05) is 0 Å². The first kappa shape index (κ1) is 6.63. The quantitative estimate of drug-likeness (QED) is 0.450. The van der Waals surface area contributed by atoms with E-state index in [2.05, 4.69) is 13.2 Å². The van der Waals surface area contributed by atoms with Crippen LogP contribution in [0.25, 0.3) is 0 Å². The zero-order valence-corrected chi connectivity index (χ0v) is 6.69. The van der Waals surface area contributed by atoms with Crippen LogP contribution in [0.15, 0.2) is 37.5 Å². The van der Waals surface area contributed by atoms with E-state index in [0.29, 0.717) is 0 Å². The number of ether oxygens (including phenoxy) is 2. The Morgan fingerprint density at radius 2 is 2.08 bits per heavy atom. The van der Waals surface area contributed by atoms with E-state index in [9.17, 15) is 0 Å². The molecule has 1 aliphatic carbocycles. The summed E-state index contributed by atoms with van der Waals surface area (Å²) < 4.78 is 11.1. The van der Waals surface area contributed by atoms with Crippen LogP contribution in [0.1, 0.15) is 0 Å². The monoisotopic (exact) mass is 162 g/mol. The third kappa shape index (κ3) is 0.490. The third-order valence-corrected chi connectivity index (χ3v) is 2.97. The fourth-order valence-corrected chi connectivity index (χ4v) is 2.06. The Hall–Kier alpha value is -0.860. The van der Waals surface area contributed by atoms with E-state index < -0.39 is 0 Å². The largest absolute Gasteiger partial charge is 0.354 e. The molecule has 2 fully saturated rings. The maximum absolute atomic E-state index is 5.56. The van der Waals surface area contributed by atoms with Crippen molar-refractivity contribution in [3.05, 3.63) is 37.5 Å². The van der Waals surface area contributed by atoms with Crippen LogP contribution in [-0.4, -0.2) is 23.4 Å². The Balaban J connectivity index is 2.04. The Bertz CT molecular complexity index is 307. The summed E-state index contributed by atoms with van der Waals surface area (Å²) in [5.41, 5.74) is -0.482. The summed E-state index contributed by atoms with van der Waals surface area (Å²) in [6.07, 6.45) is 8.05. The van der Waals surface area contributed by atoms with Crippen LogP contribution in [0, 0.1) is 0 Å². The van der Waals surface area contributed by atoms with Crippen LogP contribution in [0.3, 0.4) is 0 Å². The molecular formula is C10H10O2. The van der Waals surface area contributed by atoms with Crippen molar-refractivity contribution < 1.29 is 9.47 Å². The van der Waals surface area contributed by atoms with E-state index in [1.54, 1.807) is 0 Å². The van der Waals surface area contributed by atoms with E-state index in [-0.39, 0.29) is 23.4 Å². The highest BCUT2D eigenvalue weighted by molar-refractivity contribution is 5.44. The molecular weight excluding hydrogens is 152 g/mol. The maximum atomic E-state index is 5.56. The van der Waals surface area contributed by atoms with Crippen LogP contribution in [0.4, 0.5) is 0 Å². The molecule has 2 heterocycles. The zero-order valence-electron chi connectivity index (χ0n) is 6.69. The molecule has 4 atom stereocenters. The lowest BCUT2D eigenvalue weighted by Gasteiger charge is -2.08. The molecule has 0 bridgehead atoms. The van der Waals surface area contributed by atoms with Gasteiger partial charge in [-0.2, -0.15) is 0 Å². The molecule has 12 heavy (non-hydrogen) atoms. The average molecular weight is 162 g/mol. The summed E-state index contributed by atoms with van der Waals surface area (Å²) >= 11 is 0. The second-order valence-electron chi connectivity index (χ2n) is 3.51. The molecule has 0 aromatic heterocycles. The average Bonchev–Trinajstić information content (AvgIpc) is 2.97. The van der Waals surface area contributed by atoms with Crippen molar-refractivity contribution in [3.63, 3.8) is 0 Å². The summed E-state index contributed by atoms with van der Waals surface area (Å²) in [7, 11) is 0. The lowest BCUT2D eigenvalue weighted by atomic mass is 9.87. The van der Waals surface area contributed by atoms with E-state index in [4.69, 9.17) is 9.47 Å². The van der Waals surface area contributed by atoms with Crippen molar-refractivity contribution in [1.82, 2.24) is 0 Å². The van der Waals surface area contributed by atoms with Gasteiger partial charge in [0.15, 0.2) is 0 Å². The highest BCUT2D eigenvalue weighted by Crippen LogP contribution is 2.60. The number of hydrogen-bond acceptors (Lipinski definition) is 2. The fraction of sp³-hybridized carbons (Fsp3) is 0.400. The fourth-order valence-electron chi connectivity index (χ4n) is 2.06. The van der Waals surface area contributed by atoms with E-state index in [0.717, 1.165) is 0 Å². The molecule has 62 valence electrons. The van der Waals surface area contributed by atoms with Crippen molar-refractivity contribution in [3.8, 4) is 0 Å². The molecule has 2 nitrogen and oxygen atoms in total. The van der Waals surface area contributed by atoms with E-state index in [1.165, 1.54) is 0 Å². The number of hydrogen-bond donors (Lipinski definition) is 0. The molecule has 3 rings (SSSR count). The van der Waals surface area contributed by atoms with E-state index >= 15 is 0 Å². The lowest BCUT2D eigenvalue weighted by Crippen LogP contribution is -2.28. The Kier molecular flexibility index (Phi) is 0.875. The molecule has 0 aromatic rings. The van der Waals surface area contributed by atoms with Gasteiger partial charge in [-0.05, 0) is 6.08 Å². The first-order valence-corrected chi connectivity index (χ1v) is 4.09. The van der Waals surface area contributed by atoms with Crippen molar-refractivity contribution in [2.45, 2.75) is 23.4 Å². The van der Waals surface area contributed by atoms with Gasteiger partial charge in [0.2, 0.25) is 0 Å². The predicted octanol–water partition coefficient (Wildman–Crippen LogP) is 1.20. The molecule has 0 spiro atoms. The molecule has 0 N–H and O–H groups in total. The summed E-state index contributed by atoms with van der Waals surface area (Å²) in [5.74, 6) is 0. The maximum Gasteiger partial charge on any atom is 0.146 e. The summed E-state index contributed by atoms with van der Waals surface area (Å²) in [6.45, 7) is 7.52. The van der Waals surface area contributed by atoms with Crippen LogP contribution in [0.2, 0.25) is 0 Å². The molecule has 0 amide bonds. The standard InChI is InChI=1S/C10H10O2/c1-3-9-6-5-7-10(4-2,11-7)8(9)12-9/h3-8H,1-2H2.